The van der Waals surface area contributed by atoms with Crippen LogP contribution in [-0.4, -0.2) is 27.2 Å². The van der Waals surface area contributed by atoms with Gasteiger partial charge in [0.1, 0.15) is 0 Å². The molecule has 1 aromatic rings. The van der Waals surface area contributed by atoms with Crippen molar-refractivity contribution in [1.82, 2.24) is 0 Å². The molecular formula is C12H13NO2. The van der Waals surface area contributed by atoms with Gasteiger partial charge in [-0.05, 0) is 18.2 Å². The average molecular weight is 203 g/mol. The summed E-state index contributed by atoms with van der Waals surface area (Å²) in [5.41, 5.74) is 1.85. The third kappa shape index (κ3) is 3.35. The highest BCUT2D eigenvalue weighted by molar-refractivity contribution is 5.89. The van der Waals surface area contributed by atoms with Crippen LogP contribution < -0.4 is 4.90 Å². The number of anilines is 1. The zero-order valence-corrected chi connectivity index (χ0v) is 9.07. The van der Waals surface area contributed by atoms with E-state index in [4.69, 9.17) is 0 Å². The summed E-state index contributed by atoms with van der Waals surface area (Å²) in [6.45, 7) is 0. The zero-order valence-electron chi connectivity index (χ0n) is 9.07. The van der Waals surface area contributed by atoms with Crippen molar-refractivity contribution in [3.05, 3.63) is 29.8 Å². The molecule has 15 heavy (non-hydrogen) atoms. The predicted octanol–water partition coefficient (Wildman–Crippen LogP) is 1.28. The first-order valence-electron chi connectivity index (χ1n) is 4.51. The number of ether oxygens (including phenoxy) is 1. The molecular weight excluding hydrogens is 190 g/mol. The van der Waals surface area contributed by atoms with Gasteiger partial charge in [0.05, 0.1) is 7.11 Å². The number of carbonyl (C=O) groups excluding carboxylic acids is 1. The van der Waals surface area contributed by atoms with Crippen molar-refractivity contribution >= 4 is 11.7 Å². The number of hydrogen-bond acceptors (Lipinski definition) is 3. The molecule has 0 aliphatic carbocycles. The topological polar surface area (TPSA) is 29.5 Å². The van der Waals surface area contributed by atoms with E-state index in [1.165, 1.54) is 7.11 Å². The SMILES string of the molecule is COC(=O)C#Cc1cccc(N(C)C)c1. The molecule has 78 valence electrons. The molecule has 0 N–H and O–H groups in total. The van der Waals surface area contributed by atoms with Crippen LogP contribution in [0.15, 0.2) is 24.3 Å². The Hall–Kier alpha value is -1.95. The van der Waals surface area contributed by atoms with E-state index >= 15 is 0 Å². The first-order valence-corrected chi connectivity index (χ1v) is 4.51. The molecule has 0 radical (unpaired) electrons. The fourth-order valence-corrected chi connectivity index (χ4v) is 1.04. The minimum absolute atomic E-state index is 0.523. The van der Waals surface area contributed by atoms with E-state index in [-0.39, 0.29) is 0 Å². The van der Waals surface area contributed by atoms with Gasteiger partial charge in [-0.1, -0.05) is 12.0 Å². The van der Waals surface area contributed by atoms with Crippen molar-refractivity contribution in [2.45, 2.75) is 0 Å². The van der Waals surface area contributed by atoms with E-state index in [2.05, 4.69) is 16.6 Å². The minimum Gasteiger partial charge on any atom is -0.459 e. The molecule has 3 nitrogen and oxygen atoms in total. The van der Waals surface area contributed by atoms with Gasteiger partial charge in [-0.3, -0.25) is 0 Å². The van der Waals surface area contributed by atoms with Gasteiger partial charge >= 0.3 is 5.97 Å². The van der Waals surface area contributed by atoms with Crippen molar-refractivity contribution in [2.75, 3.05) is 26.1 Å². The monoisotopic (exact) mass is 203 g/mol. The van der Waals surface area contributed by atoms with Crippen molar-refractivity contribution < 1.29 is 9.53 Å². The quantitative estimate of drug-likeness (QED) is 0.508. The molecule has 0 bridgehead atoms. The molecule has 1 rings (SSSR count). The summed E-state index contributed by atoms with van der Waals surface area (Å²) >= 11 is 0. The highest BCUT2D eigenvalue weighted by Crippen LogP contribution is 2.12. The minimum atomic E-state index is -0.523. The smallest absolute Gasteiger partial charge is 0.384 e. The second-order valence-corrected chi connectivity index (χ2v) is 3.19. The Morgan fingerprint density at radius 3 is 2.73 bits per heavy atom. The Bertz CT molecular complexity index is 413. The maximum Gasteiger partial charge on any atom is 0.384 e. The number of hydrogen-bond donors (Lipinski definition) is 0. The molecule has 0 aliphatic rings. The lowest BCUT2D eigenvalue weighted by atomic mass is 10.2. The fraction of sp³-hybridized carbons (Fsp3) is 0.250. The van der Waals surface area contributed by atoms with E-state index in [1.807, 2.05) is 43.3 Å². The molecule has 0 amide bonds. The normalized spacial score (nSPS) is 8.73. The van der Waals surface area contributed by atoms with Crippen molar-refractivity contribution in [2.24, 2.45) is 0 Å². The summed E-state index contributed by atoms with van der Waals surface area (Å²) in [5.74, 6) is 4.60. The summed E-state index contributed by atoms with van der Waals surface area (Å²) in [4.78, 5) is 12.8. The van der Waals surface area contributed by atoms with Gasteiger partial charge in [-0.25, -0.2) is 4.79 Å². The molecule has 0 spiro atoms. The summed E-state index contributed by atoms with van der Waals surface area (Å²) < 4.78 is 4.43. The number of benzene rings is 1. The van der Waals surface area contributed by atoms with Crippen molar-refractivity contribution in [1.29, 1.82) is 0 Å². The lowest BCUT2D eigenvalue weighted by Gasteiger charge is -2.11. The third-order valence-corrected chi connectivity index (χ3v) is 1.86. The van der Waals surface area contributed by atoms with Crippen LogP contribution in [0.2, 0.25) is 0 Å². The van der Waals surface area contributed by atoms with Gasteiger partial charge in [-0.2, -0.15) is 0 Å². The van der Waals surface area contributed by atoms with Crippen LogP contribution in [0.25, 0.3) is 0 Å². The van der Waals surface area contributed by atoms with Crippen molar-refractivity contribution in [3.63, 3.8) is 0 Å². The van der Waals surface area contributed by atoms with E-state index in [0.717, 1.165) is 11.3 Å². The molecule has 0 unspecified atom stereocenters. The first-order chi connectivity index (χ1) is 7.13. The Morgan fingerprint density at radius 2 is 2.13 bits per heavy atom. The number of methoxy groups -OCH3 is 1. The van der Waals surface area contributed by atoms with E-state index < -0.39 is 5.97 Å². The van der Waals surface area contributed by atoms with Crippen LogP contribution in [0, 0.1) is 11.8 Å². The first kappa shape index (κ1) is 11.1. The second-order valence-electron chi connectivity index (χ2n) is 3.19. The number of nitrogens with zero attached hydrogens (tertiary/aromatic N) is 1. The van der Waals surface area contributed by atoms with E-state index in [0.29, 0.717) is 0 Å². The Kier molecular flexibility index (Phi) is 3.75. The van der Waals surface area contributed by atoms with Crippen LogP contribution in [0.3, 0.4) is 0 Å². The lowest BCUT2D eigenvalue weighted by Crippen LogP contribution is -2.08. The molecule has 0 aliphatic heterocycles. The molecule has 0 saturated carbocycles. The molecule has 0 aromatic heterocycles. The maximum atomic E-state index is 10.8. The molecule has 0 heterocycles. The van der Waals surface area contributed by atoms with E-state index in [1.54, 1.807) is 0 Å². The van der Waals surface area contributed by atoms with Gasteiger partial charge in [-0.15, -0.1) is 0 Å². The lowest BCUT2D eigenvalue weighted by molar-refractivity contribution is -0.133. The Morgan fingerprint density at radius 1 is 1.40 bits per heavy atom. The van der Waals surface area contributed by atoms with Crippen LogP contribution in [-0.2, 0) is 9.53 Å². The maximum absolute atomic E-state index is 10.8. The highest BCUT2D eigenvalue weighted by Gasteiger charge is 1.95. The van der Waals surface area contributed by atoms with Crippen LogP contribution in [0.4, 0.5) is 5.69 Å². The van der Waals surface area contributed by atoms with Crippen LogP contribution >= 0.6 is 0 Å². The predicted molar refractivity (Wildman–Crippen MR) is 59.7 cm³/mol. The number of rotatable bonds is 1. The largest absolute Gasteiger partial charge is 0.459 e. The molecule has 0 fully saturated rings. The highest BCUT2D eigenvalue weighted by atomic mass is 16.5. The van der Waals surface area contributed by atoms with Gasteiger partial charge < -0.3 is 9.64 Å². The second kappa shape index (κ2) is 5.06. The Balaban J connectivity index is 2.90. The fourth-order valence-electron chi connectivity index (χ4n) is 1.04. The van der Waals surface area contributed by atoms with Gasteiger partial charge in [0.25, 0.3) is 0 Å². The van der Waals surface area contributed by atoms with Gasteiger partial charge in [0, 0.05) is 31.3 Å². The summed E-state index contributed by atoms with van der Waals surface area (Å²) in [6.07, 6.45) is 0. The zero-order chi connectivity index (χ0) is 11.3. The summed E-state index contributed by atoms with van der Waals surface area (Å²) in [7, 11) is 5.22. The third-order valence-electron chi connectivity index (χ3n) is 1.86. The molecule has 0 saturated heterocycles. The standard InChI is InChI=1S/C12H13NO2/c1-13(2)11-6-4-5-10(9-11)7-8-12(14)15-3/h4-6,9H,1-3H3. The van der Waals surface area contributed by atoms with E-state index in [9.17, 15) is 4.79 Å². The van der Waals surface area contributed by atoms with Gasteiger partial charge in [0.2, 0.25) is 0 Å². The summed E-state index contributed by atoms with van der Waals surface area (Å²) in [6, 6.07) is 7.64. The number of esters is 1. The number of carbonyl (C=O) groups is 1. The average Bonchev–Trinajstić information content (AvgIpc) is 2.26. The van der Waals surface area contributed by atoms with Crippen LogP contribution in [0.1, 0.15) is 5.56 Å². The Labute approximate surface area is 89.7 Å². The molecule has 3 heteroatoms. The van der Waals surface area contributed by atoms with Crippen LogP contribution in [0.5, 0.6) is 0 Å². The van der Waals surface area contributed by atoms with Crippen molar-refractivity contribution in [3.8, 4) is 11.8 Å². The summed E-state index contributed by atoms with van der Waals surface area (Å²) in [5, 5.41) is 0. The molecule has 0 atom stereocenters. The van der Waals surface area contributed by atoms with Gasteiger partial charge in [0.15, 0.2) is 0 Å². The molecule has 1 aromatic carbocycles.